The van der Waals surface area contributed by atoms with Gasteiger partial charge in [0.1, 0.15) is 5.75 Å². The van der Waals surface area contributed by atoms with E-state index < -0.39 is 23.5 Å². The van der Waals surface area contributed by atoms with E-state index in [1.165, 1.54) is 29.4 Å². The van der Waals surface area contributed by atoms with Crippen molar-refractivity contribution in [1.29, 1.82) is 0 Å². The number of aryl methyl sites for hydroxylation is 2. The Labute approximate surface area is 173 Å². The van der Waals surface area contributed by atoms with E-state index in [0.717, 1.165) is 16.7 Å². The highest BCUT2D eigenvalue weighted by molar-refractivity contribution is 6.15. The second kappa shape index (κ2) is 7.55. The van der Waals surface area contributed by atoms with E-state index in [4.69, 9.17) is 4.42 Å². The number of amides is 1. The molecule has 0 fully saturated rings. The molecule has 6 heteroatoms. The zero-order chi connectivity index (χ0) is 21.4. The van der Waals surface area contributed by atoms with Crippen LogP contribution in [-0.2, 0) is 11.3 Å². The third-order valence-corrected chi connectivity index (χ3v) is 5.35. The number of rotatable bonds is 5. The summed E-state index contributed by atoms with van der Waals surface area (Å²) < 4.78 is 5.22. The Balaban J connectivity index is 1.81. The number of aromatic hydroxyl groups is 1. The number of carbonyl (C=O) groups is 2. The van der Waals surface area contributed by atoms with Gasteiger partial charge in [0.15, 0.2) is 11.5 Å². The Morgan fingerprint density at radius 1 is 1.07 bits per heavy atom. The van der Waals surface area contributed by atoms with Gasteiger partial charge >= 0.3 is 0 Å². The minimum Gasteiger partial charge on any atom is -0.508 e. The van der Waals surface area contributed by atoms with Crippen LogP contribution in [0, 0.1) is 13.8 Å². The number of aliphatic hydroxyl groups excluding tert-OH is 1. The molecule has 2 aromatic carbocycles. The highest BCUT2D eigenvalue weighted by atomic mass is 16.3. The van der Waals surface area contributed by atoms with Crippen molar-refractivity contribution in [2.45, 2.75) is 26.4 Å². The molecule has 2 heterocycles. The van der Waals surface area contributed by atoms with Crippen LogP contribution in [0.3, 0.4) is 0 Å². The van der Waals surface area contributed by atoms with Crippen molar-refractivity contribution in [3.8, 4) is 5.75 Å². The number of ketones is 1. The van der Waals surface area contributed by atoms with Gasteiger partial charge in [-0.05, 0) is 54.8 Å². The van der Waals surface area contributed by atoms with Crippen LogP contribution < -0.4 is 0 Å². The van der Waals surface area contributed by atoms with Gasteiger partial charge in [0.2, 0.25) is 5.78 Å². The van der Waals surface area contributed by atoms with Gasteiger partial charge < -0.3 is 19.5 Å². The lowest BCUT2D eigenvalue weighted by Gasteiger charge is -2.27. The summed E-state index contributed by atoms with van der Waals surface area (Å²) in [4.78, 5) is 27.6. The predicted molar refractivity (Wildman–Crippen MR) is 110 cm³/mol. The SMILES string of the molecule is Cc1ccc(C)c(CN2C(=O)C(O)=C(C(=O)c3ccco3)C2c2ccc(O)cc2)c1. The van der Waals surface area contributed by atoms with Gasteiger partial charge in [-0.15, -0.1) is 0 Å². The molecule has 4 rings (SSSR count). The fraction of sp³-hybridized carbons (Fsp3) is 0.167. The zero-order valence-electron chi connectivity index (χ0n) is 16.6. The van der Waals surface area contributed by atoms with Gasteiger partial charge in [-0.25, -0.2) is 0 Å². The van der Waals surface area contributed by atoms with Gasteiger partial charge in [0.25, 0.3) is 5.91 Å². The van der Waals surface area contributed by atoms with Crippen LogP contribution in [0.1, 0.15) is 38.9 Å². The molecule has 0 spiro atoms. The van der Waals surface area contributed by atoms with Gasteiger partial charge in [-0.2, -0.15) is 0 Å². The zero-order valence-corrected chi connectivity index (χ0v) is 16.6. The van der Waals surface area contributed by atoms with Gasteiger partial charge in [-0.1, -0.05) is 35.9 Å². The lowest BCUT2D eigenvalue weighted by atomic mass is 9.94. The Bertz CT molecular complexity index is 1140. The molecule has 0 saturated heterocycles. The molecule has 1 unspecified atom stereocenters. The van der Waals surface area contributed by atoms with Crippen molar-refractivity contribution in [1.82, 2.24) is 4.90 Å². The van der Waals surface area contributed by atoms with Crippen LogP contribution in [0.5, 0.6) is 5.75 Å². The Morgan fingerprint density at radius 2 is 1.80 bits per heavy atom. The molecule has 0 bridgehead atoms. The van der Waals surface area contributed by atoms with Crippen LogP contribution >= 0.6 is 0 Å². The number of aliphatic hydroxyl groups is 1. The van der Waals surface area contributed by atoms with Crippen molar-refractivity contribution >= 4 is 11.7 Å². The summed E-state index contributed by atoms with van der Waals surface area (Å²) in [7, 11) is 0. The second-order valence-electron chi connectivity index (χ2n) is 7.43. The Hall–Kier alpha value is -3.80. The lowest BCUT2D eigenvalue weighted by molar-refractivity contribution is -0.130. The number of Topliss-reactive ketones (excluding diaryl/α,β-unsaturated/α-hetero) is 1. The molecule has 2 N–H and O–H groups in total. The van der Waals surface area contributed by atoms with E-state index in [1.807, 2.05) is 32.0 Å². The van der Waals surface area contributed by atoms with Crippen LogP contribution in [0.25, 0.3) is 0 Å². The molecule has 1 aromatic heterocycles. The average Bonchev–Trinajstić information content (AvgIpc) is 3.34. The monoisotopic (exact) mass is 403 g/mol. The summed E-state index contributed by atoms with van der Waals surface area (Å²) in [6.07, 6.45) is 1.37. The lowest BCUT2D eigenvalue weighted by Crippen LogP contribution is -2.31. The van der Waals surface area contributed by atoms with E-state index in [9.17, 15) is 19.8 Å². The molecule has 1 aliphatic rings. The molecule has 3 aromatic rings. The van der Waals surface area contributed by atoms with E-state index in [0.29, 0.717) is 5.56 Å². The summed E-state index contributed by atoms with van der Waals surface area (Å²) in [5.74, 6) is -1.64. The number of phenols is 1. The molecule has 152 valence electrons. The molecular weight excluding hydrogens is 382 g/mol. The predicted octanol–water partition coefficient (Wildman–Crippen LogP) is 4.38. The first-order chi connectivity index (χ1) is 14.4. The Morgan fingerprint density at radius 3 is 2.47 bits per heavy atom. The third-order valence-electron chi connectivity index (χ3n) is 5.35. The number of phenolic OH excluding ortho intramolecular Hbond substituents is 1. The van der Waals surface area contributed by atoms with Crippen molar-refractivity contribution in [2.24, 2.45) is 0 Å². The number of benzene rings is 2. The van der Waals surface area contributed by atoms with E-state index in [2.05, 4.69) is 0 Å². The van der Waals surface area contributed by atoms with Crippen molar-refractivity contribution in [2.75, 3.05) is 0 Å². The first-order valence-electron chi connectivity index (χ1n) is 9.54. The molecule has 0 saturated carbocycles. The first kappa shape index (κ1) is 19.5. The van der Waals surface area contributed by atoms with Gasteiger partial charge in [-0.3, -0.25) is 9.59 Å². The van der Waals surface area contributed by atoms with Crippen LogP contribution in [0.2, 0.25) is 0 Å². The summed E-state index contributed by atoms with van der Waals surface area (Å²) in [5.41, 5.74) is 3.54. The Kier molecular flexibility index (Phi) is 4.91. The quantitative estimate of drug-likeness (QED) is 0.617. The molecule has 1 amide bonds. The topological polar surface area (TPSA) is 91.0 Å². The molecule has 6 nitrogen and oxygen atoms in total. The molecule has 1 atom stereocenters. The van der Waals surface area contributed by atoms with Crippen molar-refractivity contribution in [3.63, 3.8) is 0 Å². The second-order valence-corrected chi connectivity index (χ2v) is 7.43. The summed E-state index contributed by atoms with van der Waals surface area (Å²) in [6.45, 7) is 4.14. The summed E-state index contributed by atoms with van der Waals surface area (Å²) >= 11 is 0. The first-order valence-corrected chi connectivity index (χ1v) is 9.54. The van der Waals surface area contributed by atoms with Crippen LogP contribution in [0.4, 0.5) is 0 Å². The smallest absolute Gasteiger partial charge is 0.290 e. The van der Waals surface area contributed by atoms with Crippen molar-refractivity contribution < 1.29 is 24.2 Å². The van der Waals surface area contributed by atoms with E-state index in [1.54, 1.807) is 18.2 Å². The standard InChI is InChI=1S/C24H21NO5/c1-14-5-6-15(2)17(12-14)13-25-21(16-7-9-18(26)10-8-16)20(23(28)24(25)29)22(27)19-4-3-11-30-19/h3-12,21,26,28H,13H2,1-2H3. The number of furan rings is 1. The van der Waals surface area contributed by atoms with Gasteiger partial charge in [0.05, 0.1) is 17.9 Å². The molecule has 0 aliphatic carbocycles. The maximum Gasteiger partial charge on any atom is 0.290 e. The average molecular weight is 403 g/mol. The maximum absolute atomic E-state index is 13.1. The number of hydrogen-bond donors (Lipinski definition) is 2. The number of nitrogens with zero attached hydrogens (tertiary/aromatic N) is 1. The van der Waals surface area contributed by atoms with Gasteiger partial charge in [0, 0.05) is 6.54 Å². The molecule has 30 heavy (non-hydrogen) atoms. The largest absolute Gasteiger partial charge is 0.508 e. The highest BCUT2D eigenvalue weighted by Crippen LogP contribution is 2.40. The fourth-order valence-electron chi connectivity index (χ4n) is 3.75. The van der Waals surface area contributed by atoms with Crippen molar-refractivity contribution in [3.05, 3.63) is 100 Å². The number of hydrogen-bond acceptors (Lipinski definition) is 5. The van der Waals surface area contributed by atoms with Crippen LogP contribution in [-0.4, -0.2) is 26.8 Å². The summed E-state index contributed by atoms with van der Waals surface area (Å²) in [6, 6.07) is 14.5. The highest BCUT2D eigenvalue weighted by Gasteiger charge is 2.44. The van der Waals surface area contributed by atoms with E-state index in [-0.39, 0.29) is 23.6 Å². The minimum absolute atomic E-state index is 0.0362. The molecule has 1 aliphatic heterocycles. The molecule has 0 radical (unpaired) electrons. The summed E-state index contributed by atoms with van der Waals surface area (Å²) in [5, 5.41) is 20.3. The fourth-order valence-corrected chi connectivity index (χ4v) is 3.75. The molecular formula is C24H21NO5. The normalized spacial score (nSPS) is 16.4. The third kappa shape index (κ3) is 3.37. The number of carbonyl (C=O) groups excluding carboxylic acids is 2. The van der Waals surface area contributed by atoms with Crippen LogP contribution in [0.15, 0.2) is 76.6 Å². The minimum atomic E-state index is -0.810. The van der Waals surface area contributed by atoms with E-state index >= 15 is 0 Å². The maximum atomic E-state index is 13.1.